The smallest absolute Gasteiger partial charge is 0.411 e. The van der Waals surface area contributed by atoms with Crippen molar-refractivity contribution in [3.8, 4) is 0 Å². The lowest BCUT2D eigenvalue weighted by molar-refractivity contribution is -0.126. The minimum atomic E-state index is -1.46. The zero-order valence-corrected chi connectivity index (χ0v) is 16.2. The molecule has 0 saturated carbocycles. The molecule has 0 radical (unpaired) electrons. The Morgan fingerprint density at radius 1 is 1.40 bits per heavy atom. The van der Waals surface area contributed by atoms with Gasteiger partial charge in [-0.25, -0.2) is 14.2 Å². The van der Waals surface area contributed by atoms with Gasteiger partial charge in [0.25, 0.3) is 0 Å². The van der Waals surface area contributed by atoms with Crippen LogP contribution in [0.1, 0.15) is 26.5 Å². The molecule has 1 aromatic heterocycles. The SMILES string of the molecule is CO[C@H]1[C@@H](C(=O)Cc2cccc(Br)n2)N(C(=O)OC(C)(C)C)C[C@@H]1F. The molecule has 2 heterocycles. The van der Waals surface area contributed by atoms with Crippen molar-refractivity contribution in [1.29, 1.82) is 0 Å². The Kier molecular flexibility index (Phi) is 6.16. The molecule has 1 fully saturated rings. The van der Waals surface area contributed by atoms with Crippen LogP contribution in [0.3, 0.4) is 0 Å². The highest BCUT2D eigenvalue weighted by atomic mass is 79.9. The molecule has 0 N–H and O–H groups in total. The number of carbonyl (C=O) groups excluding carboxylic acids is 2. The van der Waals surface area contributed by atoms with E-state index in [1.807, 2.05) is 0 Å². The van der Waals surface area contributed by atoms with Crippen molar-refractivity contribution >= 4 is 27.8 Å². The number of alkyl halides is 1. The first kappa shape index (κ1) is 19.8. The fourth-order valence-electron chi connectivity index (χ4n) is 2.75. The standard InChI is InChI=1S/C17H22BrFN2O4/c1-17(2,3)25-16(23)21-9-11(19)15(24-4)14(21)12(22)8-10-6-5-7-13(18)20-10/h5-7,11,14-15H,8-9H2,1-4H3/t11-,14+,15+/m0/s1. The first-order valence-electron chi connectivity index (χ1n) is 7.93. The largest absolute Gasteiger partial charge is 0.444 e. The number of halogens is 2. The number of hydrogen-bond donors (Lipinski definition) is 0. The number of aromatic nitrogens is 1. The van der Waals surface area contributed by atoms with Gasteiger partial charge in [-0.1, -0.05) is 6.07 Å². The molecule has 2 rings (SSSR count). The van der Waals surface area contributed by atoms with E-state index in [4.69, 9.17) is 9.47 Å². The molecule has 6 nitrogen and oxygen atoms in total. The van der Waals surface area contributed by atoms with Crippen LogP contribution in [0, 0.1) is 0 Å². The highest BCUT2D eigenvalue weighted by Gasteiger charge is 2.49. The normalized spacial score (nSPS) is 23.6. The fourth-order valence-corrected chi connectivity index (χ4v) is 3.13. The van der Waals surface area contributed by atoms with E-state index in [0.717, 1.165) is 4.90 Å². The van der Waals surface area contributed by atoms with Gasteiger partial charge in [0.05, 0.1) is 13.0 Å². The molecule has 0 aromatic carbocycles. The van der Waals surface area contributed by atoms with Crippen LogP contribution in [0.5, 0.6) is 0 Å². The molecule has 3 atom stereocenters. The van der Waals surface area contributed by atoms with Crippen molar-refractivity contribution < 1.29 is 23.5 Å². The van der Waals surface area contributed by atoms with Crippen molar-refractivity contribution in [1.82, 2.24) is 9.88 Å². The van der Waals surface area contributed by atoms with E-state index < -0.39 is 30.0 Å². The third-order valence-corrected chi connectivity index (χ3v) is 4.17. The molecule has 1 aliphatic rings. The van der Waals surface area contributed by atoms with E-state index in [2.05, 4.69) is 20.9 Å². The van der Waals surface area contributed by atoms with Crippen LogP contribution in [0.2, 0.25) is 0 Å². The van der Waals surface area contributed by atoms with Crippen molar-refractivity contribution in [2.24, 2.45) is 0 Å². The van der Waals surface area contributed by atoms with Gasteiger partial charge in [0.15, 0.2) is 5.78 Å². The number of ketones is 1. The van der Waals surface area contributed by atoms with Gasteiger partial charge in [-0.3, -0.25) is 9.69 Å². The summed E-state index contributed by atoms with van der Waals surface area (Å²) in [6.45, 7) is 4.90. The van der Waals surface area contributed by atoms with Crippen molar-refractivity contribution in [3.63, 3.8) is 0 Å². The van der Waals surface area contributed by atoms with Gasteiger partial charge in [0.2, 0.25) is 0 Å². The molecule has 1 saturated heterocycles. The van der Waals surface area contributed by atoms with Gasteiger partial charge in [-0.05, 0) is 48.8 Å². The predicted octanol–water partition coefficient (Wildman–Crippen LogP) is 2.93. The minimum absolute atomic E-state index is 0.0318. The maximum absolute atomic E-state index is 14.3. The number of nitrogens with zero attached hydrogens (tertiary/aromatic N) is 2. The summed E-state index contributed by atoms with van der Waals surface area (Å²) in [7, 11) is 1.33. The Morgan fingerprint density at radius 2 is 2.08 bits per heavy atom. The Bertz CT molecular complexity index is 650. The van der Waals surface area contributed by atoms with E-state index in [1.165, 1.54) is 7.11 Å². The van der Waals surface area contributed by atoms with E-state index in [0.29, 0.717) is 10.3 Å². The van der Waals surface area contributed by atoms with Crippen molar-refractivity contribution in [2.75, 3.05) is 13.7 Å². The van der Waals surface area contributed by atoms with Crippen LogP contribution in [-0.4, -0.2) is 59.3 Å². The second kappa shape index (κ2) is 7.78. The summed E-state index contributed by atoms with van der Waals surface area (Å²) in [5, 5.41) is 0. The summed E-state index contributed by atoms with van der Waals surface area (Å²) >= 11 is 3.25. The van der Waals surface area contributed by atoms with Crippen LogP contribution in [0.25, 0.3) is 0 Å². The van der Waals surface area contributed by atoms with Gasteiger partial charge in [-0.2, -0.15) is 0 Å². The van der Waals surface area contributed by atoms with Gasteiger partial charge in [0.1, 0.15) is 28.5 Å². The average molecular weight is 417 g/mol. The molecular weight excluding hydrogens is 395 g/mol. The predicted molar refractivity (Wildman–Crippen MR) is 93.1 cm³/mol. The number of pyridine rings is 1. The first-order valence-corrected chi connectivity index (χ1v) is 8.72. The summed E-state index contributed by atoms with van der Waals surface area (Å²) < 4.78 is 25.3. The lowest BCUT2D eigenvalue weighted by Crippen LogP contribution is -2.48. The minimum Gasteiger partial charge on any atom is -0.444 e. The maximum atomic E-state index is 14.3. The van der Waals surface area contributed by atoms with Gasteiger partial charge in [-0.15, -0.1) is 0 Å². The molecule has 25 heavy (non-hydrogen) atoms. The van der Waals surface area contributed by atoms with Gasteiger partial charge >= 0.3 is 6.09 Å². The summed E-state index contributed by atoms with van der Waals surface area (Å²) in [6.07, 6.45) is -3.24. The first-order chi connectivity index (χ1) is 11.6. The van der Waals surface area contributed by atoms with Gasteiger partial charge < -0.3 is 9.47 Å². The van der Waals surface area contributed by atoms with Crippen LogP contribution in [-0.2, 0) is 20.7 Å². The van der Waals surface area contributed by atoms with Crippen LogP contribution in [0.4, 0.5) is 9.18 Å². The highest BCUT2D eigenvalue weighted by Crippen LogP contribution is 2.27. The number of ether oxygens (including phenoxy) is 2. The highest BCUT2D eigenvalue weighted by molar-refractivity contribution is 9.10. The molecule has 0 aliphatic carbocycles. The number of likely N-dealkylation sites (tertiary alicyclic amines) is 1. The molecule has 0 bridgehead atoms. The Balaban J connectivity index is 2.22. The van der Waals surface area contributed by atoms with Gasteiger partial charge in [0, 0.05) is 12.8 Å². The maximum Gasteiger partial charge on any atom is 0.411 e. The van der Waals surface area contributed by atoms with Crippen molar-refractivity contribution in [2.45, 2.75) is 51.1 Å². The van der Waals surface area contributed by atoms with Crippen molar-refractivity contribution in [3.05, 3.63) is 28.5 Å². The Morgan fingerprint density at radius 3 is 2.64 bits per heavy atom. The fraction of sp³-hybridized carbons (Fsp3) is 0.588. The van der Waals surface area contributed by atoms with E-state index in [9.17, 15) is 14.0 Å². The zero-order valence-electron chi connectivity index (χ0n) is 14.7. The molecule has 8 heteroatoms. The lowest BCUT2D eigenvalue weighted by Gasteiger charge is -2.29. The monoisotopic (exact) mass is 416 g/mol. The topological polar surface area (TPSA) is 68.7 Å². The third-order valence-electron chi connectivity index (χ3n) is 3.73. The second-order valence-corrected chi connectivity index (χ2v) is 7.70. The lowest BCUT2D eigenvalue weighted by atomic mass is 10.0. The van der Waals surface area contributed by atoms with E-state index in [1.54, 1.807) is 39.0 Å². The number of rotatable bonds is 4. The van der Waals surface area contributed by atoms with Crippen LogP contribution in [0.15, 0.2) is 22.8 Å². The number of Topliss-reactive ketones (excluding diaryl/α,β-unsaturated/α-hetero) is 1. The number of carbonyl (C=O) groups is 2. The quantitative estimate of drug-likeness (QED) is 0.705. The Labute approximate surface area is 154 Å². The average Bonchev–Trinajstić information content (AvgIpc) is 2.82. The van der Waals surface area contributed by atoms with Crippen LogP contribution < -0.4 is 0 Å². The van der Waals surface area contributed by atoms with E-state index in [-0.39, 0.29) is 18.7 Å². The molecule has 0 unspecified atom stereocenters. The van der Waals surface area contributed by atoms with Crippen LogP contribution >= 0.6 is 15.9 Å². The van der Waals surface area contributed by atoms with E-state index >= 15 is 0 Å². The second-order valence-electron chi connectivity index (χ2n) is 6.89. The molecule has 0 spiro atoms. The summed E-state index contributed by atoms with van der Waals surface area (Å²) in [5.74, 6) is -0.344. The summed E-state index contributed by atoms with van der Waals surface area (Å²) in [6, 6.07) is 4.15. The molecule has 1 amide bonds. The number of hydrogen-bond acceptors (Lipinski definition) is 5. The summed E-state index contributed by atoms with van der Waals surface area (Å²) in [4.78, 5) is 30.5. The number of amides is 1. The summed E-state index contributed by atoms with van der Waals surface area (Å²) in [5.41, 5.74) is -0.214. The molecule has 1 aliphatic heterocycles. The molecular formula is C17H22BrFN2O4. The molecule has 1 aromatic rings. The Hall–Kier alpha value is -1.54. The third kappa shape index (κ3) is 4.98. The molecule has 138 valence electrons. The number of methoxy groups -OCH3 is 1. The zero-order chi connectivity index (χ0) is 18.8.